The molecule has 0 fully saturated rings. The Hall–Kier alpha value is -1.78. The van der Waals surface area contributed by atoms with E-state index in [0.717, 1.165) is 0 Å². The molecule has 0 unspecified atom stereocenters. The van der Waals surface area contributed by atoms with Crippen LogP contribution in [0.15, 0.2) is 42.5 Å². The number of hydrogen-bond donors (Lipinski definition) is 1. The zero-order chi connectivity index (χ0) is 15.2. The van der Waals surface area contributed by atoms with Crippen molar-refractivity contribution in [3.05, 3.63) is 63.9 Å². The van der Waals surface area contributed by atoms with Crippen LogP contribution in [-0.2, 0) is 11.3 Å². The van der Waals surface area contributed by atoms with Crippen molar-refractivity contribution in [2.75, 3.05) is 6.61 Å². The van der Waals surface area contributed by atoms with Gasteiger partial charge in [0.05, 0.1) is 5.02 Å². The van der Waals surface area contributed by atoms with E-state index in [1.54, 1.807) is 36.4 Å². The molecular formula is C15H12Cl2FNO2. The molecule has 0 aromatic heterocycles. The second kappa shape index (κ2) is 7.29. The molecule has 2 rings (SSSR count). The molecule has 1 N–H and O–H groups in total. The maximum Gasteiger partial charge on any atom is 0.258 e. The minimum Gasteiger partial charge on any atom is -0.482 e. The average molecular weight is 328 g/mol. The molecule has 110 valence electrons. The molecule has 0 aliphatic carbocycles. The molecule has 3 nitrogen and oxygen atoms in total. The van der Waals surface area contributed by atoms with Crippen LogP contribution in [0, 0.1) is 5.82 Å². The fourth-order valence-corrected chi connectivity index (χ4v) is 1.97. The third kappa shape index (κ3) is 4.34. The van der Waals surface area contributed by atoms with Crippen LogP contribution >= 0.6 is 23.2 Å². The van der Waals surface area contributed by atoms with E-state index in [4.69, 9.17) is 27.9 Å². The summed E-state index contributed by atoms with van der Waals surface area (Å²) in [5, 5.41) is 3.16. The average Bonchev–Trinajstić information content (AvgIpc) is 2.48. The number of hydrogen-bond acceptors (Lipinski definition) is 2. The third-order valence-corrected chi connectivity index (χ3v) is 3.51. The molecule has 21 heavy (non-hydrogen) atoms. The molecule has 0 saturated carbocycles. The fourth-order valence-electron chi connectivity index (χ4n) is 1.63. The van der Waals surface area contributed by atoms with Gasteiger partial charge in [-0.15, -0.1) is 0 Å². The fraction of sp³-hybridized carbons (Fsp3) is 0.133. The summed E-state index contributed by atoms with van der Waals surface area (Å²) in [4.78, 5) is 11.7. The van der Waals surface area contributed by atoms with E-state index in [1.165, 1.54) is 6.07 Å². The van der Waals surface area contributed by atoms with Crippen molar-refractivity contribution >= 4 is 29.1 Å². The Bertz CT molecular complexity index is 649. The second-order valence-electron chi connectivity index (χ2n) is 4.21. The van der Waals surface area contributed by atoms with E-state index < -0.39 is 0 Å². The van der Waals surface area contributed by atoms with Crippen LogP contribution in [0.25, 0.3) is 0 Å². The van der Waals surface area contributed by atoms with Gasteiger partial charge in [-0.05, 0) is 18.2 Å². The van der Waals surface area contributed by atoms with Crippen molar-refractivity contribution in [1.29, 1.82) is 0 Å². The zero-order valence-electron chi connectivity index (χ0n) is 10.9. The van der Waals surface area contributed by atoms with E-state index >= 15 is 0 Å². The highest BCUT2D eigenvalue weighted by Crippen LogP contribution is 2.31. The number of halogens is 3. The van der Waals surface area contributed by atoms with Crippen LogP contribution in [0.5, 0.6) is 5.75 Å². The van der Waals surface area contributed by atoms with Crippen molar-refractivity contribution in [2.24, 2.45) is 0 Å². The Morgan fingerprint density at radius 3 is 2.67 bits per heavy atom. The van der Waals surface area contributed by atoms with E-state index in [2.05, 4.69) is 5.32 Å². The molecule has 0 aliphatic heterocycles. The number of carbonyl (C=O) groups is 1. The number of nitrogens with one attached hydrogen (secondary N) is 1. The summed E-state index contributed by atoms with van der Waals surface area (Å²) in [6.07, 6.45) is 0. The number of amides is 1. The monoisotopic (exact) mass is 327 g/mol. The quantitative estimate of drug-likeness (QED) is 0.906. The van der Waals surface area contributed by atoms with E-state index in [9.17, 15) is 9.18 Å². The molecule has 0 heterocycles. The van der Waals surface area contributed by atoms with Crippen LogP contribution in [0.1, 0.15) is 5.56 Å². The minimum absolute atomic E-state index is 0.0954. The lowest BCUT2D eigenvalue weighted by atomic mass is 10.2. The first-order valence-corrected chi connectivity index (χ1v) is 6.90. The van der Waals surface area contributed by atoms with Crippen LogP contribution in [0.3, 0.4) is 0 Å². The summed E-state index contributed by atoms with van der Waals surface area (Å²) >= 11 is 11.8. The smallest absolute Gasteiger partial charge is 0.258 e. The Morgan fingerprint density at radius 2 is 1.90 bits per heavy atom. The molecular weight excluding hydrogens is 316 g/mol. The molecule has 2 aromatic carbocycles. The van der Waals surface area contributed by atoms with Gasteiger partial charge in [0.15, 0.2) is 6.61 Å². The molecule has 0 atom stereocenters. The van der Waals surface area contributed by atoms with Gasteiger partial charge in [0, 0.05) is 12.1 Å². The molecule has 6 heteroatoms. The molecule has 0 aliphatic rings. The van der Waals surface area contributed by atoms with Gasteiger partial charge < -0.3 is 10.1 Å². The van der Waals surface area contributed by atoms with Gasteiger partial charge in [-0.25, -0.2) is 4.39 Å². The van der Waals surface area contributed by atoms with Crippen LogP contribution in [0.4, 0.5) is 4.39 Å². The standard InChI is InChI=1S/C15H12Cl2FNO2/c16-11-5-3-7-13(15(11)17)21-9-14(20)19-8-10-4-1-2-6-12(10)18/h1-7H,8-9H2,(H,19,20). The number of ether oxygens (including phenoxy) is 1. The van der Waals surface area contributed by atoms with Crippen molar-refractivity contribution in [3.8, 4) is 5.75 Å². The summed E-state index contributed by atoms with van der Waals surface area (Å²) in [6.45, 7) is -0.132. The molecule has 0 saturated heterocycles. The Kier molecular flexibility index (Phi) is 5.42. The van der Waals surface area contributed by atoms with Crippen LogP contribution in [-0.4, -0.2) is 12.5 Å². The van der Waals surface area contributed by atoms with Crippen molar-refractivity contribution in [1.82, 2.24) is 5.32 Å². The molecule has 0 bridgehead atoms. The van der Waals surface area contributed by atoms with Crippen molar-refractivity contribution < 1.29 is 13.9 Å². The van der Waals surface area contributed by atoms with Gasteiger partial charge in [-0.1, -0.05) is 47.5 Å². The molecule has 0 radical (unpaired) electrons. The summed E-state index contributed by atoms with van der Waals surface area (Å²) in [5.74, 6) is -0.420. The second-order valence-corrected chi connectivity index (χ2v) is 4.99. The SMILES string of the molecule is O=C(COc1cccc(Cl)c1Cl)NCc1ccccc1F. The number of benzene rings is 2. The van der Waals surface area contributed by atoms with E-state index in [1.807, 2.05) is 0 Å². The normalized spacial score (nSPS) is 10.2. The molecule has 1 amide bonds. The van der Waals surface area contributed by atoms with Crippen LogP contribution < -0.4 is 10.1 Å². The van der Waals surface area contributed by atoms with Gasteiger partial charge >= 0.3 is 0 Å². The number of carbonyl (C=O) groups excluding carboxylic acids is 1. The first-order chi connectivity index (χ1) is 10.1. The highest BCUT2D eigenvalue weighted by atomic mass is 35.5. The maximum absolute atomic E-state index is 13.4. The Labute approximate surface area is 131 Å². The van der Waals surface area contributed by atoms with Crippen molar-refractivity contribution in [2.45, 2.75) is 6.54 Å². The lowest BCUT2D eigenvalue weighted by Gasteiger charge is -2.09. The predicted molar refractivity (Wildman–Crippen MR) is 80.2 cm³/mol. The van der Waals surface area contributed by atoms with E-state index in [-0.39, 0.29) is 29.9 Å². The van der Waals surface area contributed by atoms with Gasteiger partial charge in [0.1, 0.15) is 16.6 Å². The van der Waals surface area contributed by atoms with Gasteiger partial charge in [0.2, 0.25) is 0 Å². The molecule has 0 spiro atoms. The molecule has 2 aromatic rings. The van der Waals surface area contributed by atoms with Crippen LogP contribution in [0.2, 0.25) is 10.0 Å². The van der Waals surface area contributed by atoms with E-state index in [0.29, 0.717) is 16.3 Å². The predicted octanol–water partition coefficient (Wildman–Crippen LogP) is 3.83. The first kappa shape index (κ1) is 15.6. The van der Waals surface area contributed by atoms with Gasteiger partial charge in [0.25, 0.3) is 5.91 Å². The topological polar surface area (TPSA) is 38.3 Å². The minimum atomic E-state index is -0.380. The van der Waals surface area contributed by atoms with Gasteiger partial charge in [-0.3, -0.25) is 4.79 Å². The summed E-state index contributed by atoms with van der Waals surface area (Å²) in [5.41, 5.74) is 0.409. The Balaban J connectivity index is 1.85. The van der Waals surface area contributed by atoms with Gasteiger partial charge in [-0.2, -0.15) is 0 Å². The summed E-state index contributed by atoms with van der Waals surface area (Å²) in [6, 6.07) is 11.1. The Morgan fingerprint density at radius 1 is 1.14 bits per heavy atom. The van der Waals surface area contributed by atoms with Crippen molar-refractivity contribution in [3.63, 3.8) is 0 Å². The maximum atomic E-state index is 13.4. The lowest BCUT2D eigenvalue weighted by Crippen LogP contribution is -2.28. The lowest BCUT2D eigenvalue weighted by molar-refractivity contribution is -0.123. The zero-order valence-corrected chi connectivity index (χ0v) is 12.4. The number of rotatable bonds is 5. The highest BCUT2D eigenvalue weighted by Gasteiger charge is 2.09. The third-order valence-electron chi connectivity index (χ3n) is 2.71. The first-order valence-electron chi connectivity index (χ1n) is 6.15. The largest absolute Gasteiger partial charge is 0.482 e. The summed E-state index contributed by atoms with van der Waals surface area (Å²) in [7, 11) is 0. The highest BCUT2D eigenvalue weighted by molar-refractivity contribution is 6.42. The summed E-state index contributed by atoms with van der Waals surface area (Å²) < 4.78 is 18.6.